The normalized spacial score (nSPS) is 9.92. The molecule has 0 saturated heterocycles. The van der Waals surface area contributed by atoms with Crippen LogP contribution in [0.4, 0.5) is 5.69 Å². The molecular weight excluding hydrogens is 158 g/mol. The van der Waals surface area contributed by atoms with Crippen molar-refractivity contribution in [2.45, 2.75) is 13.3 Å². The van der Waals surface area contributed by atoms with E-state index in [0.29, 0.717) is 12.0 Å². The molecule has 66 valence electrons. The second-order valence-electron chi connectivity index (χ2n) is 2.43. The van der Waals surface area contributed by atoms with E-state index in [1.54, 1.807) is 12.1 Å². The Hall–Kier alpha value is -1.26. The first-order valence-corrected chi connectivity index (χ1v) is 3.65. The van der Waals surface area contributed by atoms with Crippen molar-refractivity contribution in [2.24, 2.45) is 0 Å². The highest BCUT2D eigenvalue weighted by molar-refractivity contribution is 5.60. The first kappa shape index (κ1) is 8.83. The first-order chi connectivity index (χ1) is 5.66. The third-order valence-corrected chi connectivity index (χ3v) is 1.68. The monoisotopic (exact) mass is 169 g/mol. The van der Waals surface area contributed by atoms with Gasteiger partial charge in [0.25, 0.3) is 0 Å². The molecule has 4 heteroatoms. The summed E-state index contributed by atoms with van der Waals surface area (Å²) in [6.07, 6.45) is 0.626. The zero-order valence-electron chi connectivity index (χ0n) is 6.73. The number of hydrogen-bond acceptors (Lipinski definition) is 4. The molecule has 0 aromatic heterocycles. The fraction of sp³-hybridized carbons (Fsp3) is 0.250. The van der Waals surface area contributed by atoms with Crippen LogP contribution in [-0.4, -0.2) is 15.5 Å². The Morgan fingerprint density at radius 1 is 1.33 bits per heavy atom. The molecule has 0 bridgehead atoms. The molecule has 0 atom stereocenters. The van der Waals surface area contributed by atoms with E-state index in [4.69, 9.17) is 10.4 Å². The van der Waals surface area contributed by atoms with Crippen LogP contribution in [0.2, 0.25) is 0 Å². The second-order valence-corrected chi connectivity index (χ2v) is 2.43. The lowest BCUT2D eigenvalue weighted by Gasteiger charge is -2.13. The van der Waals surface area contributed by atoms with Crippen molar-refractivity contribution in [3.8, 4) is 5.75 Å². The van der Waals surface area contributed by atoms with Crippen LogP contribution < -0.4 is 5.23 Å². The van der Waals surface area contributed by atoms with E-state index < -0.39 is 0 Å². The molecule has 0 aliphatic heterocycles. The molecule has 0 heterocycles. The number of aryl methyl sites for hydroxylation is 1. The maximum absolute atomic E-state index is 9.23. The van der Waals surface area contributed by atoms with Gasteiger partial charge in [0.05, 0.1) is 0 Å². The zero-order valence-corrected chi connectivity index (χ0v) is 6.73. The van der Waals surface area contributed by atoms with Gasteiger partial charge in [-0.3, -0.25) is 10.4 Å². The average Bonchev–Trinajstić information content (AvgIpc) is 2.03. The lowest BCUT2D eigenvalue weighted by Crippen LogP contribution is -2.13. The maximum atomic E-state index is 9.23. The molecular formula is C8H11NO3. The molecule has 0 aliphatic rings. The van der Waals surface area contributed by atoms with Crippen molar-refractivity contribution in [1.82, 2.24) is 0 Å². The van der Waals surface area contributed by atoms with Crippen LogP contribution in [0.5, 0.6) is 5.75 Å². The number of nitrogens with zero attached hydrogens (tertiary/aromatic N) is 1. The van der Waals surface area contributed by atoms with Crippen molar-refractivity contribution < 1.29 is 15.5 Å². The smallest absolute Gasteiger partial charge is 0.144 e. The molecule has 1 rings (SSSR count). The standard InChI is InChI=1S/C8H11NO3/c1-2-6-4-3-5-7(10)8(6)9(11)12/h3-5,10-12H,2H2,1H3. The zero-order chi connectivity index (χ0) is 9.14. The van der Waals surface area contributed by atoms with Crippen molar-refractivity contribution in [3.63, 3.8) is 0 Å². The van der Waals surface area contributed by atoms with Gasteiger partial charge in [-0.15, -0.1) is 5.23 Å². The van der Waals surface area contributed by atoms with Crippen LogP contribution in [0, 0.1) is 0 Å². The molecule has 0 fully saturated rings. The number of phenols is 1. The largest absolute Gasteiger partial charge is 0.506 e. The summed E-state index contributed by atoms with van der Waals surface area (Å²) in [7, 11) is 0. The van der Waals surface area contributed by atoms with E-state index >= 15 is 0 Å². The summed E-state index contributed by atoms with van der Waals surface area (Å²) in [5, 5.41) is 26.7. The van der Waals surface area contributed by atoms with Gasteiger partial charge in [-0.05, 0) is 18.1 Å². The van der Waals surface area contributed by atoms with Gasteiger partial charge in [0, 0.05) is 0 Å². The van der Waals surface area contributed by atoms with Gasteiger partial charge in [0.1, 0.15) is 11.4 Å². The number of phenolic OH excluding ortho intramolecular Hbond substituents is 1. The van der Waals surface area contributed by atoms with Gasteiger partial charge in [0.2, 0.25) is 0 Å². The molecule has 3 N–H and O–H groups in total. The fourth-order valence-electron chi connectivity index (χ4n) is 1.09. The number of anilines is 1. The number of aromatic hydroxyl groups is 1. The molecule has 0 spiro atoms. The summed E-state index contributed by atoms with van der Waals surface area (Å²) in [6.45, 7) is 1.86. The third-order valence-electron chi connectivity index (χ3n) is 1.68. The quantitative estimate of drug-likeness (QED) is 0.587. The predicted molar refractivity (Wildman–Crippen MR) is 43.5 cm³/mol. The lowest BCUT2D eigenvalue weighted by atomic mass is 10.1. The summed E-state index contributed by atoms with van der Waals surface area (Å²) in [5.74, 6) is -0.139. The third kappa shape index (κ3) is 1.49. The molecule has 1 aromatic carbocycles. The molecule has 12 heavy (non-hydrogen) atoms. The number of rotatable bonds is 2. The van der Waals surface area contributed by atoms with Crippen molar-refractivity contribution in [3.05, 3.63) is 23.8 Å². The molecule has 0 saturated carbocycles. The molecule has 0 unspecified atom stereocenters. The van der Waals surface area contributed by atoms with Crippen molar-refractivity contribution >= 4 is 5.69 Å². The Bertz CT molecular complexity index is 273. The van der Waals surface area contributed by atoms with Gasteiger partial charge >= 0.3 is 0 Å². The predicted octanol–water partition coefficient (Wildman–Crippen LogP) is 1.54. The summed E-state index contributed by atoms with van der Waals surface area (Å²) in [4.78, 5) is 0. The van der Waals surface area contributed by atoms with Crippen molar-refractivity contribution in [1.29, 1.82) is 0 Å². The topological polar surface area (TPSA) is 63.9 Å². The van der Waals surface area contributed by atoms with Gasteiger partial charge in [-0.1, -0.05) is 19.1 Å². The van der Waals surface area contributed by atoms with E-state index in [-0.39, 0.29) is 16.7 Å². The summed E-state index contributed by atoms with van der Waals surface area (Å²) >= 11 is 0. The fourth-order valence-corrected chi connectivity index (χ4v) is 1.09. The lowest BCUT2D eigenvalue weighted by molar-refractivity contribution is 0.0275. The van der Waals surface area contributed by atoms with Crippen LogP contribution in [0.15, 0.2) is 18.2 Å². The minimum atomic E-state index is -0.139. The van der Waals surface area contributed by atoms with Gasteiger partial charge in [-0.25, -0.2) is 0 Å². The van der Waals surface area contributed by atoms with E-state index in [1.165, 1.54) is 6.07 Å². The minimum Gasteiger partial charge on any atom is -0.506 e. The molecule has 0 amide bonds. The van der Waals surface area contributed by atoms with E-state index in [0.717, 1.165) is 0 Å². The number of para-hydroxylation sites is 1. The SMILES string of the molecule is CCc1cccc(O)c1N(O)O. The van der Waals surface area contributed by atoms with E-state index in [1.807, 2.05) is 6.92 Å². The molecule has 0 radical (unpaired) electrons. The number of benzene rings is 1. The highest BCUT2D eigenvalue weighted by atomic mass is 16.8. The highest BCUT2D eigenvalue weighted by Gasteiger charge is 2.10. The van der Waals surface area contributed by atoms with Crippen LogP contribution in [0.25, 0.3) is 0 Å². The van der Waals surface area contributed by atoms with Crippen LogP contribution >= 0.6 is 0 Å². The molecule has 4 nitrogen and oxygen atoms in total. The van der Waals surface area contributed by atoms with E-state index in [2.05, 4.69) is 0 Å². The Morgan fingerprint density at radius 2 is 2.00 bits per heavy atom. The van der Waals surface area contributed by atoms with Gasteiger partial charge < -0.3 is 5.11 Å². The van der Waals surface area contributed by atoms with E-state index in [9.17, 15) is 5.11 Å². The van der Waals surface area contributed by atoms with Crippen molar-refractivity contribution in [2.75, 3.05) is 5.23 Å². The Labute approximate surface area is 70.2 Å². The summed E-state index contributed by atoms with van der Waals surface area (Å²) in [5.41, 5.74) is 0.722. The van der Waals surface area contributed by atoms with Crippen LogP contribution in [0.1, 0.15) is 12.5 Å². The second kappa shape index (κ2) is 3.42. The maximum Gasteiger partial charge on any atom is 0.144 e. The first-order valence-electron chi connectivity index (χ1n) is 3.65. The minimum absolute atomic E-state index is 0.0417. The highest BCUT2D eigenvalue weighted by Crippen LogP contribution is 2.29. The van der Waals surface area contributed by atoms with Crippen LogP contribution in [-0.2, 0) is 6.42 Å². The van der Waals surface area contributed by atoms with Gasteiger partial charge in [0.15, 0.2) is 0 Å². The molecule has 1 aromatic rings. The summed E-state index contributed by atoms with van der Waals surface area (Å²) < 4.78 is 0. The van der Waals surface area contributed by atoms with Gasteiger partial charge in [-0.2, -0.15) is 0 Å². The Balaban J connectivity index is 3.20. The summed E-state index contributed by atoms with van der Waals surface area (Å²) in [6, 6.07) is 4.77. The number of hydrogen-bond donors (Lipinski definition) is 3. The van der Waals surface area contributed by atoms with Crippen LogP contribution in [0.3, 0.4) is 0 Å². The Kier molecular flexibility index (Phi) is 2.52. The Morgan fingerprint density at radius 3 is 2.42 bits per heavy atom. The molecule has 0 aliphatic carbocycles. The average molecular weight is 169 g/mol.